The normalized spacial score (nSPS) is 52.3. The molecule has 4 fully saturated rings. The van der Waals surface area contributed by atoms with Crippen LogP contribution < -0.4 is 5.73 Å². The quantitative estimate of drug-likeness (QED) is 0.785. The molecule has 0 amide bonds. The van der Waals surface area contributed by atoms with Gasteiger partial charge in [-0.05, 0) is 73.2 Å². The van der Waals surface area contributed by atoms with E-state index in [0.29, 0.717) is 30.2 Å². The number of aliphatic carboxylic acids is 1. The number of carboxylic acid groups (broad SMARTS) is 1. The number of carbonyl (C=O) groups is 1. The Bertz CT molecular complexity index is 382. The summed E-state index contributed by atoms with van der Waals surface area (Å²) in [5, 5.41) is 9.18. The van der Waals surface area contributed by atoms with Gasteiger partial charge >= 0.3 is 5.97 Å². The van der Waals surface area contributed by atoms with Crippen LogP contribution in [0, 0.1) is 34.5 Å². The Morgan fingerprint density at radius 3 is 2.65 bits per heavy atom. The molecule has 4 saturated carbocycles. The minimum absolute atomic E-state index is 0.0304. The highest BCUT2D eigenvalue weighted by atomic mass is 16.4. The molecule has 4 rings (SSSR count). The molecule has 3 nitrogen and oxygen atoms in total. The van der Waals surface area contributed by atoms with E-state index in [1.165, 1.54) is 32.1 Å². The fourth-order valence-corrected chi connectivity index (χ4v) is 6.21. The molecule has 1 spiro atoms. The summed E-state index contributed by atoms with van der Waals surface area (Å²) in [7, 11) is 0. The van der Waals surface area contributed by atoms with Crippen LogP contribution in [0.1, 0.15) is 38.5 Å². The molecule has 5 atom stereocenters. The van der Waals surface area contributed by atoms with E-state index in [-0.39, 0.29) is 5.41 Å². The summed E-state index contributed by atoms with van der Waals surface area (Å²) in [4.78, 5) is 11.2. The van der Waals surface area contributed by atoms with Gasteiger partial charge in [-0.2, -0.15) is 0 Å². The maximum atomic E-state index is 11.2. The minimum Gasteiger partial charge on any atom is -0.481 e. The van der Waals surface area contributed by atoms with Gasteiger partial charge in [-0.15, -0.1) is 0 Å². The Kier molecular flexibility index (Phi) is 1.75. The van der Waals surface area contributed by atoms with Gasteiger partial charge in [0.15, 0.2) is 0 Å². The molecule has 0 aromatic heterocycles. The Labute approximate surface area is 102 Å². The molecule has 3 N–H and O–H groups in total. The molecule has 0 heterocycles. The zero-order valence-corrected chi connectivity index (χ0v) is 10.2. The molecule has 0 aliphatic heterocycles. The van der Waals surface area contributed by atoms with Gasteiger partial charge < -0.3 is 10.8 Å². The van der Waals surface area contributed by atoms with Crippen molar-refractivity contribution in [3.05, 3.63) is 0 Å². The second-order valence-corrected chi connectivity index (χ2v) is 6.99. The Morgan fingerprint density at radius 1 is 1.29 bits per heavy atom. The van der Waals surface area contributed by atoms with E-state index in [0.717, 1.165) is 11.8 Å². The van der Waals surface area contributed by atoms with Crippen molar-refractivity contribution < 1.29 is 9.90 Å². The van der Waals surface area contributed by atoms with Gasteiger partial charge in [0.25, 0.3) is 0 Å². The summed E-state index contributed by atoms with van der Waals surface area (Å²) >= 11 is 0. The van der Waals surface area contributed by atoms with Crippen LogP contribution in [0.2, 0.25) is 0 Å². The van der Waals surface area contributed by atoms with Crippen LogP contribution in [-0.4, -0.2) is 17.6 Å². The summed E-state index contributed by atoms with van der Waals surface area (Å²) < 4.78 is 0. The lowest BCUT2D eigenvalue weighted by Crippen LogP contribution is -2.61. The molecule has 3 heteroatoms. The number of nitrogens with two attached hydrogens (primary N) is 1. The van der Waals surface area contributed by atoms with Crippen molar-refractivity contribution in [1.82, 2.24) is 0 Å². The topological polar surface area (TPSA) is 63.3 Å². The molecule has 0 aromatic carbocycles. The van der Waals surface area contributed by atoms with E-state index < -0.39 is 5.97 Å². The van der Waals surface area contributed by atoms with Gasteiger partial charge in [0, 0.05) is 0 Å². The molecule has 4 unspecified atom stereocenters. The third-order valence-corrected chi connectivity index (χ3v) is 6.87. The molecular weight excluding hydrogens is 214 g/mol. The van der Waals surface area contributed by atoms with E-state index in [9.17, 15) is 9.90 Å². The van der Waals surface area contributed by atoms with Crippen molar-refractivity contribution in [3.8, 4) is 0 Å². The van der Waals surface area contributed by atoms with E-state index >= 15 is 0 Å². The fourth-order valence-electron chi connectivity index (χ4n) is 6.21. The highest BCUT2D eigenvalue weighted by molar-refractivity contribution is 5.68. The summed E-state index contributed by atoms with van der Waals surface area (Å²) in [6.45, 7) is 0.591. The van der Waals surface area contributed by atoms with Gasteiger partial charge in [-0.1, -0.05) is 0 Å². The van der Waals surface area contributed by atoms with E-state index in [2.05, 4.69) is 0 Å². The average molecular weight is 235 g/mol. The first-order valence-corrected chi connectivity index (χ1v) is 7.06. The fraction of sp³-hybridized carbons (Fsp3) is 0.929. The smallest absolute Gasteiger partial charge is 0.303 e. The summed E-state index contributed by atoms with van der Waals surface area (Å²) in [5.41, 5.74) is 6.64. The van der Waals surface area contributed by atoms with Crippen molar-refractivity contribution in [2.24, 2.45) is 40.2 Å². The first-order chi connectivity index (χ1) is 8.14. The Morgan fingerprint density at radius 2 is 2.06 bits per heavy atom. The maximum absolute atomic E-state index is 11.2. The zero-order valence-electron chi connectivity index (χ0n) is 10.2. The molecule has 0 saturated heterocycles. The van der Waals surface area contributed by atoms with Crippen LogP contribution in [0.15, 0.2) is 0 Å². The van der Waals surface area contributed by atoms with Crippen LogP contribution in [-0.2, 0) is 4.79 Å². The van der Waals surface area contributed by atoms with Gasteiger partial charge in [-0.25, -0.2) is 0 Å². The SMILES string of the molecule is NCC1(CC(=O)O)C2CCC3CC1[C@@H]2C31CC1. The lowest BCUT2D eigenvalue weighted by Gasteiger charge is -2.61. The maximum Gasteiger partial charge on any atom is 0.303 e. The lowest BCUT2D eigenvalue weighted by atomic mass is 9.43. The average Bonchev–Trinajstić information content (AvgIpc) is 3.02. The van der Waals surface area contributed by atoms with Crippen LogP contribution >= 0.6 is 0 Å². The van der Waals surface area contributed by atoms with Crippen molar-refractivity contribution in [2.75, 3.05) is 6.54 Å². The highest BCUT2D eigenvalue weighted by Gasteiger charge is 2.77. The Balaban J connectivity index is 1.70. The van der Waals surface area contributed by atoms with E-state index in [1.54, 1.807) is 0 Å². The molecule has 94 valence electrons. The standard InChI is InChI=1S/C14H21NO2/c15-7-14(6-11(16)17)9-2-1-8-5-10(14)12(9)13(8)3-4-13/h8-10,12H,1-7,15H2,(H,16,17)/t8?,9?,10?,12-,14?/m1/s1. The monoisotopic (exact) mass is 235 g/mol. The summed E-state index contributed by atoms with van der Waals surface area (Å²) in [5.74, 6) is 2.40. The van der Waals surface area contributed by atoms with Crippen molar-refractivity contribution in [1.29, 1.82) is 0 Å². The third kappa shape index (κ3) is 0.975. The number of hydrogen-bond acceptors (Lipinski definition) is 2. The van der Waals surface area contributed by atoms with Crippen molar-refractivity contribution in [3.63, 3.8) is 0 Å². The van der Waals surface area contributed by atoms with Gasteiger partial charge in [-0.3, -0.25) is 4.79 Å². The van der Waals surface area contributed by atoms with Crippen LogP contribution in [0.5, 0.6) is 0 Å². The Hall–Kier alpha value is -0.570. The van der Waals surface area contributed by atoms with Crippen molar-refractivity contribution in [2.45, 2.75) is 38.5 Å². The number of carboxylic acids is 1. The lowest BCUT2D eigenvalue weighted by molar-refractivity contribution is -0.165. The highest BCUT2D eigenvalue weighted by Crippen LogP contribution is 2.82. The van der Waals surface area contributed by atoms with Gasteiger partial charge in [0.2, 0.25) is 0 Å². The summed E-state index contributed by atoms with van der Waals surface area (Å²) in [6, 6.07) is 0. The third-order valence-electron chi connectivity index (χ3n) is 6.87. The zero-order chi connectivity index (χ0) is 11.8. The molecule has 17 heavy (non-hydrogen) atoms. The molecule has 2 bridgehead atoms. The predicted molar refractivity (Wildman–Crippen MR) is 63.2 cm³/mol. The van der Waals surface area contributed by atoms with Crippen LogP contribution in [0.25, 0.3) is 0 Å². The van der Waals surface area contributed by atoms with Crippen molar-refractivity contribution >= 4 is 5.97 Å². The number of rotatable bonds is 3. The first kappa shape index (κ1) is 10.4. The van der Waals surface area contributed by atoms with Crippen LogP contribution in [0.3, 0.4) is 0 Å². The molecule has 0 radical (unpaired) electrons. The second kappa shape index (κ2) is 2.87. The largest absolute Gasteiger partial charge is 0.481 e. The number of hydrogen-bond donors (Lipinski definition) is 2. The molecule has 4 aliphatic rings. The summed E-state index contributed by atoms with van der Waals surface area (Å²) in [6.07, 6.45) is 7.03. The minimum atomic E-state index is -0.644. The molecule has 4 aliphatic carbocycles. The van der Waals surface area contributed by atoms with Gasteiger partial charge in [0.05, 0.1) is 6.42 Å². The second-order valence-electron chi connectivity index (χ2n) is 6.99. The first-order valence-electron chi connectivity index (χ1n) is 7.06. The van der Waals surface area contributed by atoms with E-state index in [4.69, 9.17) is 5.73 Å². The molecular formula is C14H21NO2. The predicted octanol–water partition coefficient (Wildman–Crippen LogP) is 1.86. The molecule has 0 aromatic rings. The van der Waals surface area contributed by atoms with Gasteiger partial charge in [0.1, 0.15) is 0 Å². The van der Waals surface area contributed by atoms with Crippen LogP contribution in [0.4, 0.5) is 0 Å². The van der Waals surface area contributed by atoms with E-state index in [1.807, 2.05) is 0 Å².